The van der Waals surface area contributed by atoms with Crippen molar-refractivity contribution in [3.05, 3.63) is 36.0 Å². The maximum absolute atomic E-state index is 11.3. The van der Waals surface area contributed by atoms with Gasteiger partial charge in [0.1, 0.15) is 6.04 Å². The van der Waals surface area contributed by atoms with Crippen LogP contribution in [0.1, 0.15) is 25.0 Å². The van der Waals surface area contributed by atoms with Gasteiger partial charge in [0.15, 0.2) is 0 Å². The minimum Gasteiger partial charge on any atom is -0.480 e. The van der Waals surface area contributed by atoms with Crippen LogP contribution in [-0.4, -0.2) is 33.5 Å². The Morgan fingerprint density at radius 2 is 2.21 bits per heavy atom. The molecule has 2 aromatic rings. The van der Waals surface area contributed by atoms with E-state index in [1.807, 2.05) is 18.2 Å². The Morgan fingerprint density at radius 1 is 1.37 bits per heavy atom. The second-order valence-electron chi connectivity index (χ2n) is 5.20. The summed E-state index contributed by atoms with van der Waals surface area (Å²) in [5, 5.41) is 10.5. The van der Waals surface area contributed by atoms with E-state index in [0.29, 0.717) is 6.54 Å². The normalized spacial score (nSPS) is 20.7. The van der Waals surface area contributed by atoms with Crippen LogP contribution in [0.15, 0.2) is 30.3 Å². The lowest BCUT2D eigenvalue weighted by Crippen LogP contribution is -2.44. The number of piperidine rings is 1. The number of aromatic nitrogens is 1. The first-order valence-electron chi connectivity index (χ1n) is 6.77. The van der Waals surface area contributed by atoms with Gasteiger partial charge < -0.3 is 10.1 Å². The Labute approximate surface area is 112 Å². The van der Waals surface area contributed by atoms with Crippen molar-refractivity contribution in [2.45, 2.75) is 31.8 Å². The molecule has 0 spiro atoms. The summed E-state index contributed by atoms with van der Waals surface area (Å²) in [6.45, 7) is 1.55. The second-order valence-corrected chi connectivity index (χ2v) is 5.20. The van der Waals surface area contributed by atoms with Crippen molar-refractivity contribution in [3.63, 3.8) is 0 Å². The zero-order valence-corrected chi connectivity index (χ0v) is 10.8. The molecule has 2 heterocycles. The summed E-state index contributed by atoms with van der Waals surface area (Å²) in [7, 11) is 0. The maximum Gasteiger partial charge on any atom is 0.320 e. The molecule has 1 aliphatic heterocycles. The van der Waals surface area contributed by atoms with E-state index < -0.39 is 5.97 Å². The Bertz CT molecular complexity index is 558. The third-order valence-corrected chi connectivity index (χ3v) is 3.86. The molecule has 1 aliphatic rings. The third kappa shape index (κ3) is 2.49. The van der Waals surface area contributed by atoms with Crippen LogP contribution in [0.4, 0.5) is 0 Å². The fourth-order valence-electron chi connectivity index (χ4n) is 2.90. The standard InChI is InChI=1S/C15H18N2O2/c18-15(19)14-7-3-4-8-17(14)10-12-9-11-5-1-2-6-13(11)16-12/h1-2,5-6,9,14,16H,3-4,7-8,10H2,(H,18,19). The largest absolute Gasteiger partial charge is 0.480 e. The number of fused-ring (bicyclic) bond motifs is 1. The molecule has 1 saturated heterocycles. The smallest absolute Gasteiger partial charge is 0.320 e. The van der Waals surface area contributed by atoms with Gasteiger partial charge in [0.2, 0.25) is 0 Å². The quantitative estimate of drug-likeness (QED) is 0.889. The lowest BCUT2D eigenvalue weighted by Gasteiger charge is -2.32. The molecule has 0 saturated carbocycles. The summed E-state index contributed by atoms with van der Waals surface area (Å²) in [4.78, 5) is 16.7. The number of nitrogens with zero attached hydrogens (tertiary/aromatic N) is 1. The van der Waals surface area contributed by atoms with E-state index in [1.165, 1.54) is 5.39 Å². The third-order valence-electron chi connectivity index (χ3n) is 3.86. The van der Waals surface area contributed by atoms with E-state index in [4.69, 9.17) is 0 Å². The van der Waals surface area contributed by atoms with Crippen LogP contribution in [-0.2, 0) is 11.3 Å². The molecule has 19 heavy (non-hydrogen) atoms. The van der Waals surface area contributed by atoms with Crippen molar-refractivity contribution in [2.24, 2.45) is 0 Å². The maximum atomic E-state index is 11.3. The summed E-state index contributed by atoms with van der Waals surface area (Å²) in [5.74, 6) is -0.698. The molecular formula is C15H18N2O2. The molecule has 0 radical (unpaired) electrons. The van der Waals surface area contributed by atoms with Crippen molar-refractivity contribution in [1.29, 1.82) is 0 Å². The molecule has 2 N–H and O–H groups in total. The number of hydrogen-bond donors (Lipinski definition) is 2. The average molecular weight is 258 g/mol. The Kier molecular flexibility index (Phi) is 3.25. The number of rotatable bonds is 3. The zero-order chi connectivity index (χ0) is 13.2. The number of H-pyrrole nitrogens is 1. The highest BCUT2D eigenvalue weighted by Gasteiger charge is 2.28. The van der Waals surface area contributed by atoms with Gasteiger partial charge in [-0.15, -0.1) is 0 Å². The molecule has 0 bridgehead atoms. The number of nitrogens with one attached hydrogen (secondary N) is 1. The van der Waals surface area contributed by atoms with Gasteiger partial charge in [-0.25, -0.2) is 0 Å². The monoisotopic (exact) mass is 258 g/mol. The molecule has 1 aromatic heterocycles. The van der Waals surface area contributed by atoms with Crippen molar-refractivity contribution in [2.75, 3.05) is 6.54 Å². The lowest BCUT2D eigenvalue weighted by molar-refractivity contribution is -0.144. The SMILES string of the molecule is O=C(O)C1CCCCN1Cc1cc2ccccc2[nH]1. The second kappa shape index (κ2) is 5.05. The van der Waals surface area contributed by atoms with Gasteiger partial charge in [0.25, 0.3) is 0 Å². The van der Waals surface area contributed by atoms with Crippen LogP contribution in [0.5, 0.6) is 0 Å². The number of benzene rings is 1. The first-order valence-corrected chi connectivity index (χ1v) is 6.77. The van der Waals surface area contributed by atoms with Gasteiger partial charge in [-0.1, -0.05) is 24.6 Å². The zero-order valence-electron chi connectivity index (χ0n) is 10.8. The Hall–Kier alpha value is -1.81. The van der Waals surface area contributed by atoms with Crippen LogP contribution in [0.2, 0.25) is 0 Å². The number of para-hydroxylation sites is 1. The van der Waals surface area contributed by atoms with E-state index in [0.717, 1.165) is 37.0 Å². The number of likely N-dealkylation sites (tertiary alicyclic amines) is 1. The highest BCUT2D eigenvalue weighted by Crippen LogP contribution is 2.21. The predicted octanol–water partition coefficient (Wildman–Crippen LogP) is 2.61. The molecular weight excluding hydrogens is 240 g/mol. The fraction of sp³-hybridized carbons (Fsp3) is 0.400. The number of carboxylic acids is 1. The first-order chi connectivity index (χ1) is 9.24. The van der Waals surface area contributed by atoms with Gasteiger partial charge in [0, 0.05) is 17.8 Å². The van der Waals surface area contributed by atoms with Crippen molar-refractivity contribution >= 4 is 16.9 Å². The molecule has 0 aliphatic carbocycles. The molecule has 1 aromatic carbocycles. The Balaban J connectivity index is 1.80. The summed E-state index contributed by atoms with van der Waals surface area (Å²) in [6.07, 6.45) is 2.86. The fourth-order valence-corrected chi connectivity index (χ4v) is 2.90. The van der Waals surface area contributed by atoms with Crippen LogP contribution >= 0.6 is 0 Å². The summed E-state index contributed by atoms with van der Waals surface area (Å²) < 4.78 is 0. The van der Waals surface area contributed by atoms with Crippen LogP contribution in [0, 0.1) is 0 Å². The first kappa shape index (κ1) is 12.2. The highest BCUT2D eigenvalue weighted by atomic mass is 16.4. The topological polar surface area (TPSA) is 56.3 Å². The molecule has 1 fully saturated rings. The summed E-state index contributed by atoms with van der Waals surface area (Å²) >= 11 is 0. The molecule has 0 amide bonds. The Morgan fingerprint density at radius 3 is 3.00 bits per heavy atom. The molecule has 3 rings (SSSR count). The molecule has 100 valence electrons. The number of carbonyl (C=O) groups is 1. The van der Waals surface area contributed by atoms with E-state index >= 15 is 0 Å². The van der Waals surface area contributed by atoms with Crippen LogP contribution in [0.25, 0.3) is 10.9 Å². The summed E-state index contributed by atoms with van der Waals surface area (Å²) in [6, 6.07) is 9.91. The van der Waals surface area contributed by atoms with E-state index in [1.54, 1.807) is 0 Å². The summed E-state index contributed by atoms with van der Waals surface area (Å²) in [5.41, 5.74) is 2.20. The van der Waals surface area contributed by atoms with E-state index in [9.17, 15) is 9.90 Å². The van der Waals surface area contributed by atoms with Crippen molar-refractivity contribution in [3.8, 4) is 0 Å². The van der Waals surface area contributed by atoms with Gasteiger partial charge in [-0.05, 0) is 36.9 Å². The van der Waals surface area contributed by atoms with Gasteiger partial charge in [-0.2, -0.15) is 0 Å². The minimum absolute atomic E-state index is 0.333. The number of hydrogen-bond acceptors (Lipinski definition) is 2. The molecule has 1 atom stereocenters. The minimum atomic E-state index is -0.698. The van der Waals surface area contributed by atoms with Crippen LogP contribution in [0.3, 0.4) is 0 Å². The molecule has 4 nitrogen and oxygen atoms in total. The predicted molar refractivity (Wildman–Crippen MR) is 74.0 cm³/mol. The lowest BCUT2D eigenvalue weighted by atomic mass is 10.0. The number of aromatic amines is 1. The van der Waals surface area contributed by atoms with Gasteiger partial charge in [0.05, 0.1) is 0 Å². The number of aliphatic carboxylic acids is 1. The van der Waals surface area contributed by atoms with Crippen molar-refractivity contribution in [1.82, 2.24) is 9.88 Å². The number of carboxylic acid groups (broad SMARTS) is 1. The average Bonchev–Trinajstić information content (AvgIpc) is 2.81. The van der Waals surface area contributed by atoms with Crippen LogP contribution < -0.4 is 0 Å². The van der Waals surface area contributed by atoms with Gasteiger partial charge in [-0.3, -0.25) is 9.69 Å². The van der Waals surface area contributed by atoms with E-state index in [-0.39, 0.29) is 6.04 Å². The van der Waals surface area contributed by atoms with Crippen molar-refractivity contribution < 1.29 is 9.90 Å². The molecule has 1 unspecified atom stereocenters. The van der Waals surface area contributed by atoms with Gasteiger partial charge >= 0.3 is 5.97 Å². The highest BCUT2D eigenvalue weighted by molar-refractivity contribution is 5.80. The molecule has 4 heteroatoms. The van der Waals surface area contributed by atoms with E-state index in [2.05, 4.69) is 22.0 Å².